The lowest BCUT2D eigenvalue weighted by Gasteiger charge is -2.11. The number of carbonyl (C=O) groups excluding carboxylic acids is 2. The molecule has 0 unspecified atom stereocenters. The van der Waals surface area contributed by atoms with Gasteiger partial charge in [0.05, 0.1) is 26.4 Å². The van der Waals surface area contributed by atoms with Crippen molar-refractivity contribution in [3.8, 4) is 52.1 Å². The number of hydrogen-bond acceptors (Lipinski definition) is 7. The van der Waals surface area contributed by atoms with Crippen molar-refractivity contribution >= 4 is 11.9 Å². The largest absolute Gasteiger partial charge is 0.494 e. The van der Waals surface area contributed by atoms with Gasteiger partial charge in [0.25, 0.3) is 0 Å². The van der Waals surface area contributed by atoms with E-state index in [-0.39, 0.29) is 0 Å². The van der Waals surface area contributed by atoms with Crippen molar-refractivity contribution in [2.45, 2.75) is 46.1 Å². The second-order valence-electron chi connectivity index (χ2n) is 13.4. The normalized spacial score (nSPS) is 10.2. The Morgan fingerprint density at radius 2 is 0.879 bits per heavy atom. The van der Waals surface area contributed by atoms with Crippen LogP contribution in [0.1, 0.15) is 64.6 Å². The number of benzene rings is 5. The molecule has 0 aliphatic rings. The third kappa shape index (κ3) is 14.0. The molecule has 0 aliphatic heterocycles. The predicted molar refractivity (Wildman–Crippen MR) is 229 cm³/mol. The van der Waals surface area contributed by atoms with Crippen LogP contribution in [-0.4, -0.2) is 38.4 Å². The van der Waals surface area contributed by atoms with Crippen molar-refractivity contribution in [2.75, 3.05) is 26.4 Å². The van der Waals surface area contributed by atoms with Gasteiger partial charge in [-0.25, -0.2) is 9.59 Å². The maximum absolute atomic E-state index is 11.1. The molecule has 5 rings (SSSR count). The van der Waals surface area contributed by atoms with Gasteiger partial charge in [-0.15, -0.1) is 0 Å². The third-order valence-corrected chi connectivity index (χ3v) is 8.88. The topological polar surface area (TPSA) is 80.3 Å². The van der Waals surface area contributed by atoms with Gasteiger partial charge in [-0.1, -0.05) is 61.1 Å². The van der Waals surface area contributed by atoms with Gasteiger partial charge in [0.2, 0.25) is 0 Å². The van der Waals surface area contributed by atoms with Crippen LogP contribution in [0.2, 0.25) is 0 Å². The number of aryl methyl sites for hydroxylation is 2. The smallest absolute Gasteiger partial charge is 0.330 e. The summed E-state index contributed by atoms with van der Waals surface area (Å²) in [6.45, 7) is 13.3. The Balaban J connectivity index is 1.07. The highest BCUT2D eigenvalue weighted by molar-refractivity contribution is 5.81. The van der Waals surface area contributed by atoms with Crippen molar-refractivity contribution in [3.05, 3.63) is 173 Å². The lowest BCUT2D eigenvalue weighted by atomic mass is 9.93. The van der Waals surface area contributed by atoms with Gasteiger partial charge in [-0.05, 0) is 152 Å². The Morgan fingerprint density at radius 1 is 0.500 bits per heavy atom. The summed E-state index contributed by atoms with van der Waals surface area (Å²) in [5, 5.41) is 0. The van der Waals surface area contributed by atoms with E-state index < -0.39 is 11.9 Å². The van der Waals surface area contributed by atoms with Gasteiger partial charge < -0.3 is 23.7 Å². The molecule has 0 N–H and O–H groups in total. The van der Waals surface area contributed by atoms with E-state index in [0.29, 0.717) is 33.0 Å². The van der Waals surface area contributed by atoms with Gasteiger partial charge in [0.1, 0.15) is 23.9 Å². The first-order valence-electron chi connectivity index (χ1n) is 19.3. The summed E-state index contributed by atoms with van der Waals surface area (Å²) in [7, 11) is 0. The lowest BCUT2D eigenvalue weighted by molar-refractivity contribution is -0.138. The zero-order chi connectivity index (χ0) is 41.0. The average Bonchev–Trinajstić information content (AvgIpc) is 3.25. The SMILES string of the molecule is C=CC(=O)OCCCCOc1ccc(C#Cc2ccc(-c3c(C)cc(C#Cc4ccc(OCc5ccc(OCCCCOC(=O)C=C)cc5)cc4)cc3C)cc2)cc1. The minimum atomic E-state index is -0.403. The molecule has 5 aromatic rings. The highest BCUT2D eigenvalue weighted by Gasteiger charge is 2.08. The first-order chi connectivity index (χ1) is 28.3. The highest BCUT2D eigenvalue weighted by Crippen LogP contribution is 2.29. The van der Waals surface area contributed by atoms with Crippen LogP contribution in [0.3, 0.4) is 0 Å². The van der Waals surface area contributed by atoms with Crippen LogP contribution >= 0.6 is 0 Å². The third-order valence-electron chi connectivity index (χ3n) is 8.88. The first kappa shape index (κ1) is 42.2. The predicted octanol–water partition coefficient (Wildman–Crippen LogP) is 10.1. The highest BCUT2D eigenvalue weighted by atomic mass is 16.5. The van der Waals surface area contributed by atoms with E-state index in [1.165, 1.54) is 5.56 Å². The molecule has 0 aromatic heterocycles. The molecule has 0 atom stereocenters. The molecule has 7 nitrogen and oxygen atoms in total. The van der Waals surface area contributed by atoms with Crippen molar-refractivity contribution < 1.29 is 33.3 Å². The zero-order valence-corrected chi connectivity index (χ0v) is 33.2. The molecule has 0 spiro atoms. The van der Waals surface area contributed by atoms with Gasteiger partial charge in [0, 0.05) is 34.4 Å². The molecular formula is C51H48O7. The zero-order valence-electron chi connectivity index (χ0n) is 33.2. The fraction of sp³-hybridized carbons (Fsp3) is 0.216. The van der Waals surface area contributed by atoms with E-state index >= 15 is 0 Å². The quantitative estimate of drug-likeness (QED) is 0.0380. The van der Waals surface area contributed by atoms with Crippen molar-refractivity contribution in [3.63, 3.8) is 0 Å². The van der Waals surface area contributed by atoms with Gasteiger partial charge >= 0.3 is 11.9 Å². The van der Waals surface area contributed by atoms with Gasteiger partial charge in [-0.2, -0.15) is 0 Å². The first-order valence-corrected chi connectivity index (χ1v) is 19.3. The molecule has 0 aliphatic carbocycles. The summed E-state index contributed by atoms with van der Waals surface area (Å²) in [4.78, 5) is 22.2. The van der Waals surface area contributed by atoms with Crippen molar-refractivity contribution in [1.82, 2.24) is 0 Å². The van der Waals surface area contributed by atoms with Gasteiger partial charge in [0.15, 0.2) is 0 Å². The molecule has 0 saturated carbocycles. The second kappa shape index (κ2) is 22.6. The summed E-state index contributed by atoms with van der Waals surface area (Å²) < 4.78 is 27.5. The second-order valence-corrected chi connectivity index (χ2v) is 13.4. The standard InChI is InChI=1S/C51H48O7/c1-5-49(52)56-33-9-7-31-54-46-25-17-41(18-26-46)12-11-40-15-23-45(24-16-40)51-38(3)35-44(36-39(51)4)14-13-42-19-27-48(28-20-42)58-37-43-21-29-47(30-22-43)55-32-8-10-34-57-50(53)6-2/h5-6,15-30,35-36H,1-2,7-10,31-34,37H2,3-4H3. The van der Waals surface area contributed by atoms with E-state index in [9.17, 15) is 9.59 Å². The monoisotopic (exact) mass is 772 g/mol. The van der Waals surface area contributed by atoms with Crippen molar-refractivity contribution in [1.29, 1.82) is 0 Å². The Labute approximate surface area is 342 Å². The maximum Gasteiger partial charge on any atom is 0.330 e. The Hall–Kier alpha value is -6.96. The van der Waals surface area contributed by atoms with Crippen LogP contribution in [0.25, 0.3) is 11.1 Å². The maximum atomic E-state index is 11.1. The van der Waals surface area contributed by atoms with Gasteiger partial charge in [-0.3, -0.25) is 0 Å². The number of rotatable bonds is 18. The average molecular weight is 773 g/mol. The Bertz CT molecular complexity index is 2240. The molecule has 0 fully saturated rings. The molecule has 294 valence electrons. The van der Waals surface area contributed by atoms with Crippen LogP contribution in [0.5, 0.6) is 17.2 Å². The van der Waals surface area contributed by atoms with E-state index in [1.807, 2.05) is 72.8 Å². The summed E-state index contributed by atoms with van der Waals surface area (Å²) in [6.07, 6.45) is 5.36. The summed E-state index contributed by atoms with van der Waals surface area (Å²) >= 11 is 0. The van der Waals surface area contributed by atoms with Crippen LogP contribution in [0, 0.1) is 37.5 Å². The number of carbonyl (C=O) groups is 2. The number of esters is 2. The number of unbranched alkanes of at least 4 members (excludes halogenated alkanes) is 2. The minimum absolute atomic E-state index is 0.361. The number of hydrogen-bond donors (Lipinski definition) is 0. The molecule has 7 heteroatoms. The van der Waals surface area contributed by atoms with Crippen LogP contribution in [0.15, 0.2) is 135 Å². The number of ether oxygens (including phenoxy) is 5. The molecule has 0 heterocycles. The fourth-order valence-electron chi connectivity index (χ4n) is 5.87. The van der Waals surface area contributed by atoms with E-state index in [1.54, 1.807) is 0 Å². The lowest BCUT2D eigenvalue weighted by Crippen LogP contribution is -2.04. The molecule has 0 radical (unpaired) electrons. The summed E-state index contributed by atoms with van der Waals surface area (Å²) in [6, 6.07) is 36.0. The molecule has 5 aromatic carbocycles. The summed E-state index contributed by atoms with van der Waals surface area (Å²) in [5.74, 6) is 14.7. The Kier molecular flexibility index (Phi) is 16.4. The van der Waals surface area contributed by atoms with E-state index in [2.05, 4.69) is 87.1 Å². The van der Waals surface area contributed by atoms with E-state index in [0.717, 1.165) is 99.6 Å². The van der Waals surface area contributed by atoms with Crippen molar-refractivity contribution in [2.24, 2.45) is 0 Å². The van der Waals surface area contributed by atoms with Crippen LogP contribution < -0.4 is 14.2 Å². The molecule has 0 bridgehead atoms. The molecule has 0 saturated heterocycles. The van der Waals surface area contributed by atoms with Crippen LogP contribution in [0.4, 0.5) is 0 Å². The minimum Gasteiger partial charge on any atom is -0.494 e. The molecule has 0 amide bonds. The molecular weight excluding hydrogens is 725 g/mol. The van der Waals surface area contributed by atoms with Crippen LogP contribution in [-0.2, 0) is 25.7 Å². The van der Waals surface area contributed by atoms with E-state index in [4.69, 9.17) is 23.7 Å². The Morgan fingerprint density at radius 3 is 1.33 bits per heavy atom. The molecule has 58 heavy (non-hydrogen) atoms. The fourth-order valence-corrected chi connectivity index (χ4v) is 5.87. The summed E-state index contributed by atoms with van der Waals surface area (Å²) in [5.41, 5.74) is 9.40.